The van der Waals surface area contributed by atoms with Crippen molar-refractivity contribution in [3.8, 4) is 5.75 Å². The predicted octanol–water partition coefficient (Wildman–Crippen LogP) is 1.23. The van der Waals surface area contributed by atoms with E-state index in [0.29, 0.717) is 6.42 Å². The second kappa shape index (κ2) is 8.65. The van der Waals surface area contributed by atoms with E-state index in [4.69, 9.17) is 9.47 Å². The molecule has 0 saturated carbocycles. The van der Waals surface area contributed by atoms with Crippen LogP contribution in [-0.2, 0) is 9.53 Å². The van der Waals surface area contributed by atoms with Crippen molar-refractivity contribution in [2.45, 2.75) is 12.5 Å². The first-order chi connectivity index (χ1) is 12.2. The van der Waals surface area contributed by atoms with Gasteiger partial charge in [-0.2, -0.15) is 0 Å². The van der Waals surface area contributed by atoms with Crippen LogP contribution in [0.25, 0.3) is 0 Å². The summed E-state index contributed by atoms with van der Waals surface area (Å²) in [6.45, 7) is 6.73. The van der Waals surface area contributed by atoms with Crippen LogP contribution < -0.4 is 4.74 Å². The van der Waals surface area contributed by atoms with Crippen molar-refractivity contribution in [2.24, 2.45) is 0 Å². The lowest BCUT2D eigenvalue weighted by molar-refractivity contribution is -0.134. The molecule has 0 bridgehead atoms. The largest absolute Gasteiger partial charge is 0.497 e. The van der Waals surface area contributed by atoms with Crippen molar-refractivity contribution in [1.29, 1.82) is 0 Å². The molecule has 25 heavy (non-hydrogen) atoms. The van der Waals surface area contributed by atoms with E-state index in [1.165, 1.54) is 5.56 Å². The first-order valence-corrected chi connectivity index (χ1v) is 9.09. The number of hydrogen-bond donors (Lipinski definition) is 0. The highest BCUT2D eigenvalue weighted by atomic mass is 16.5. The number of morpholine rings is 1. The summed E-state index contributed by atoms with van der Waals surface area (Å²) in [7, 11) is 3.81. The summed E-state index contributed by atoms with van der Waals surface area (Å²) in [5.74, 6) is 1.12. The Morgan fingerprint density at radius 2 is 1.88 bits per heavy atom. The third kappa shape index (κ3) is 4.71. The lowest BCUT2D eigenvalue weighted by Crippen LogP contribution is -2.49. The van der Waals surface area contributed by atoms with E-state index in [9.17, 15) is 4.79 Å². The Balaban J connectivity index is 1.56. The highest BCUT2D eigenvalue weighted by Crippen LogP contribution is 2.26. The maximum absolute atomic E-state index is 12.7. The molecule has 2 fully saturated rings. The second-order valence-electron chi connectivity index (χ2n) is 6.81. The van der Waals surface area contributed by atoms with E-state index in [1.54, 1.807) is 7.11 Å². The van der Waals surface area contributed by atoms with Gasteiger partial charge in [-0.1, -0.05) is 12.1 Å². The van der Waals surface area contributed by atoms with Crippen molar-refractivity contribution < 1.29 is 14.3 Å². The minimum absolute atomic E-state index is 0.243. The number of nitrogens with zero attached hydrogens (tertiary/aromatic N) is 3. The van der Waals surface area contributed by atoms with Crippen LogP contribution in [0.2, 0.25) is 0 Å². The molecule has 2 saturated heterocycles. The van der Waals surface area contributed by atoms with Gasteiger partial charge in [0.25, 0.3) is 0 Å². The molecule has 0 aliphatic carbocycles. The van der Waals surface area contributed by atoms with Gasteiger partial charge in [0.05, 0.1) is 26.4 Å². The molecule has 2 aliphatic heterocycles. The molecule has 1 atom stereocenters. The highest BCUT2D eigenvalue weighted by molar-refractivity contribution is 5.76. The molecule has 2 heterocycles. The Bertz CT molecular complexity index is 558. The Hall–Kier alpha value is -1.63. The van der Waals surface area contributed by atoms with Crippen LogP contribution in [0.15, 0.2) is 24.3 Å². The van der Waals surface area contributed by atoms with Gasteiger partial charge in [0, 0.05) is 45.7 Å². The maximum atomic E-state index is 12.7. The summed E-state index contributed by atoms with van der Waals surface area (Å²) in [5, 5.41) is 0. The summed E-state index contributed by atoms with van der Waals surface area (Å²) in [5.41, 5.74) is 1.23. The van der Waals surface area contributed by atoms with Gasteiger partial charge < -0.3 is 14.4 Å². The zero-order valence-electron chi connectivity index (χ0n) is 15.3. The fourth-order valence-electron chi connectivity index (χ4n) is 3.52. The topological polar surface area (TPSA) is 45.3 Å². The van der Waals surface area contributed by atoms with Gasteiger partial charge in [-0.25, -0.2) is 0 Å². The van der Waals surface area contributed by atoms with Crippen molar-refractivity contribution in [2.75, 3.05) is 66.6 Å². The molecule has 0 radical (unpaired) electrons. The van der Waals surface area contributed by atoms with Crippen LogP contribution in [0.3, 0.4) is 0 Å². The second-order valence-corrected chi connectivity index (χ2v) is 6.81. The van der Waals surface area contributed by atoms with Gasteiger partial charge in [-0.05, 0) is 24.7 Å². The molecule has 6 heteroatoms. The number of ether oxygens (including phenoxy) is 2. The molecule has 1 aromatic rings. The van der Waals surface area contributed by atoms with Crippen LogP contribution in [0, 0.1) is 0 Å². The molecule has 1 amide bonds. The number of methoxy groups -OCH3 is 1. The molecular formula is C19H29N3O3. The monoisotopic (exact) mass is 347 g/mol. The molecule has 0 N–H and O–H groups in total. The summed E-state index contributed by atoms with van der Waals surface area (Å²) in [6.07, 6.45) is 0.596. The van der Waals surface area contributed by atoms with Crippen LogP contribution in [0.4, 0.5) is 0 Å². The van der Waals surface area contributed by atoms with Gasteiger partial charge in [0.15, 0.2) is 0 Å². The number of rotatable bonds is 5. The highest BCUT2D eigenvalue weighted by Gasteiger charge is 2.28. The maximum Gasteiger partial charge on any atom is 0.223 e. The minimum atomic E-state index is 0.243. The molecule has 0 aromatic heterocycles. The van der Waals surface area contributed by atoms with E-state index in [1.807, 2.05) is 17.0 Å². The average Bonchev–Trinajstić information content (AvgIpc) is 2.67. The van der Waals surface area contributed by atoms with E-state index < -0.39 is 0 Å². The number of carbonyl (C=O) groups excluding carboxylic acids is 1. The Labute approximate surface area is 150 Å². The molecule has 3 rings (SSSR count). The first kappa shape index (κ1) is 18.2. The molecule has 1 aromatic carbocycles. The molecule has 138 valence electrons. The SMILES string of the molecule is COc1ccc(C2CN(C(=O)CCN3CCOCC3)CCN2C)cc1. The predicted molar refractivity (Wildman–Crippen MR) is 96.8 cm³/mol. The lowest BCUT2D eigenvalue weighted by atomic mass is 10.0. The van der Waals surface area contributed by atoms with Gasteiger partial charge in [0.2, 0.25) is 5.91 Å². The normalized spacial score (nSPS) is 22.8. The number of piperazine rings is 1. The van der Waals surface area contributed by atoms with Crippen molar-refractivity contribution in [1.82, 2.24) is 14.7 Å². The Morgan fingerprint density at radius 3 is 2.56 bits per heavy atom. The zero-order valence-corrected chi connectivity index (χ0v) is 15.3. The standard InChI is InChI=1S/C19H29N3O3/c1-20-9-10-22(19(23)7-8-21-11-13-25-14-12-21)15-18(20)16-3-5-17(24-2)6-4-16/h3-6,18H,7-15H2,1-2H3. The van der Waals surface area contributed by atoms with Gasteiger partial charge >= 0.3 is 0 Å². The third-order valence-electron chi connectivity index (χ3n) is 5.25. The number of amides is 1. The van der Waals surface area contributed by atoms with E-state index in [0.717, 1.165) is 58.2 Å². The summed E-state index contributed by atoms with van der Waals surface area (Å²) < 4.78 is 10.6. The number of benzene rings is 1. The van der Waals surface area contributed by atoms with Crippen molar-refractivity contribution in [3.05, 3.63) is 29.8 Å². The molecule has 0 spiro atoms. The third-order valence-corrected chi connectivity index (χ3v) is 5.25. The fourth-order valence-corrected chi connectivity index (χ4v) is 3.52. The Kier molecular flexibility index (Phi) is 6.29. The van der Waals surface area contributed by atoms with Crippen LogP contribution in [0.1, 0.15) is 18.0 Å². The lowest BCUT2D eigenvalue weighted by Gasteiger charge is -2.40. The average molecular weight is 347 g/mol. The first-order valence-electron chi connectivity index (χ1n) is 9.09. The van der Waals surface area contributed by atoms with E-state index in [-0.39, 0.29) is 11.9 Å². The smallest absolute Gasteiger partial charge is 0.223 e. The van der Waals surface area contributed by atoms with E-state index in [2.05, 4.69) is 29.0 Å². The molecule has 6 nitrogen and oxygen atoms in total. The summed E-state index contributed by atoms with van der Waals surface area (Å²) >= 11 is 0. The van der Waals surface area contributed by atoms with Gasteiger partial charge in [0.1, 0.15) is 5.75 Å². The number of carbonyl (C=O) groups is 1. The van der Waals surface area contributed by atoms with E-state index >= 15 is 0 Å². The fraction of sp³-hybridized carbons (Fsp3) is 0.632. The van der Waals surface area contributed by atoms with Crippen molar-refractivity contribution >= 4 is 5.91 Å². The minimum Gasteiger partial charge on any atom is -0.497 e. The molecule has 1 unspecified atom stereocenters. The Morgan fingerprint density at radius 1 is 1.16 bits per heavy atom. The molecular weight excluding hydrogens is 318 g/mol. The summed E-state index contributed by atoms with van der Waals surface area (Å²) in [4.78, 5) is 19.3. The summed E-state index contributed by atoms with van der Waals surface area (Å²) in [6, 6.07) is 8.42. The van der Waals surface area contributed by atoms with Crippen LogP contribution in [0.5, 0.6) is 5.75 Å². The quantitative estimate of drug-likeness (QED) is 0.802. The van der Waals surface area contributed by atoms with Gasteiger partial charge in [-0.3, -0.25) is 14.6 Å². The van der Waals surface area contributed by atoms with Gasteiger partial charge in [-0.15, -0.1) is 0 Å². The van der Waals surface area contributed by atoms with Crippen molar-refractivity contribution in [3.63, 3.8) is 0 Å². The zero-order chi connectivity index (χ0) is 17.6. The number of likely N-dealkylation sites (N-methyl/N-ethyl adjacent to an activating group) is 1. The number of hydrogen-bond acceptors (Lipinski definition) is 5. The van der Waals surface area contributed by atoms with Crippen LogP contribution >= 0.6 is 0 Å². The van der Waals surface area contributed by atoms with Crippen LogP contribution in [-0.4, -0.2) is 87.2 Å². The molecule has 2 aliphatic rings.